The summed E-state index contributed by atoms with van der Waals surface area (Å²) in [6.45, 7) is 0.188. The van der Waals surface area contributed by atoms with Gasteiger partial charge in [0.1, 0.15) is 24.7 Å². The fourth-order valence-corrected chi connectivity index (χ4v) is 4.90. The van der Waals surface area contributed by atoms with Crippen molar-refractivity contribution in [1.82, 2.24) is 10.0 Å². The number of benzene rings is 3. The number of hydrogen-bond donors (Lipinski definition) is 3. The van der Waals surface area contributed by atoms with Gasteiger partial charge in [0.25, 0.3) is 5.91 Å². The fraction of sp³-hybridized carbons (Fsp3) is 0.333. The first-order chi connectivity index (χ1) is 19.7. The van der Waals surface area contributed by atoms with Crippen LogP contribution >= 0.6 is 0 Å². The molecule has 10 nitrogen and oxygen atoms in total. The van der Waals surface area contributed by atoms with E-state index in [-0.39, 0.29) is 31.4 Å². The van der Waals surface area contributed by atoms with Crippen molar-refractivity contribution in [3.8, 4) is 22.6 Å². The van der Waals surface area contributed by atoms with Crippen LogP contribution in [0.15, 0.2) is 72.8 Å². The zero-order chi connectivity index (χ0) is 29.2. The molecule has 1 aliphatic carbocycles. The molecule has 3 aromatic carbocycles. The van der Waals surface area contributed by atoms with Gasteiger partial charge in [0.05, 0.1) is 30.6 Å². The second-order valence-corrected chi connectivity index (χ2v) is 11.5. The molecule has 4 rings (SSSR count). The molecule has 1 saturated carbocycles. The Morgan fingerprint density at radius 2 is 1.63 bits per heavy atom. The normalized spacial score (nSPS) is 14.2. The van der Waals surface area contributed by atoms with Gasteiger partial charge in [-0.1, -0.05) is 48.5 Å². The SMILES string of the molecule is CS(=O)(=O)NC(=O)c1ccc(-c2ccc(OCCOC(=O)NC[C@H](O)c3ccccc3)cc2)cc1OC1CCCC1. The maximum absolute atomic E-state index is 12.6. The molecule has 11 heteroatoms. The first kappa shape index (κ1) is 29.9. The zero-order valence-electron chi connectivity index (χ0n) is 22.7. The topological polar surface area (TPSA) is 140 Å². The van der Waals surface area contributed by atoms with E-state index >= 15 is 0 Å². The van der Waals surface area contributed by atoms with Crippen LogP contribution in [0, 0.1) is 0 Å². The predicted molar refractivity (Wildman–Crippen MR) is 153 cm³/mol. The van der Waals surface area contributed by atoms with Gasteiger partial charge >= 0.3 is 6.09 Å². The van der Waals surface area contributed by atoms with Crippen LogP contribution in [0.5, 0.6) is 11.5 Å². The Balaban J connectivity index is 1.30. The van der Waals surface area contributed by atoms with Crippen molar-refractivity contribution < 1.29 is 37.3 Å². The lowest BCUT2D eigenvalue weighted by molar-refractivity contribution is 0.0974. The van der Waals surface area contributed by atoms with E-state index in [0.717, 1.165) is 43.1 Å². The lowest BCUT2D eigenvalue weighted by atomic mass is 10.0. The minimum absolute atomic E-state index is 0.0217. The molecular weight excluding hydrogens is 548 g/mol. The molecular formula is C30H34N2O8S. The van der Waals surface area contributed by atoms with Crippen LogP contribution in [0.1, 0.15) is 47.7 Å². The average Bonchev–Trinajstić information content (AvgIpc) is 3.47. The Kier molecular flexibility index (Phi) is 10.2. The van der Waals surface area contributed by atoms with Crippen LogP contribution in [0.3, 0.4) is 0 Å². The van der Waals surface area contributed by atoms with Gasteiger partial charge in [-0.25, -0.2) is 17.9 Å². The van der Waals surface area contributed by atoms with E-state index in [4.69, 9.17) is 14.2 Å². The Morgan fingerprint density at radius 3 is 2.32 bits per heavy atom. The highest BCUT2D eigenvalue weighted by atomic mass is 32.2. The molecule has 0 bridgehead atoms. The highest BCUT2D eigenvalue weighted by Crippen LogP contribution is 2.32. The molecule has 0 radical (unpaired) electrons. The number of amides is 2. The molecule has 3 aromatic rings. The van der Waals surface area contributed by atoms with Gasteiger partial charge in [-0.3, -0.25) is 4.79 Å². The smallest absolute Gasteiger partial charge is 0.407 e. The molecule has 0 saturated heterocycles. The molecule has 41 heavy (non-hydrogen) atoms. The van der Waals surface area contributed by atoms with Gasteiger partial charge in [0, 0.05) is 0 Å². The number of aliphatic hydroxyl groups excluding tert-OH is 1. The number of rotatable bonds is 12. The average molecular weight is 583 g/mol. The van der Waals surface area contributed by atoms with Gasteiger partial charge in [-0.15, -0.1) is 0 Å². The summed E-state index contributed by atoms with van der Waals surface area (Å²) in [4.78, 5) is 24.5. The van der Waals surface area contributed by atoms with Crippen molar-refractivity contribution in [3.05, 3.63) is 83.9 Å². The quantitative estimate of drug-likeness (QED) is 0.270. The third-order valence-electron chi connectivity index (χ3n) is 6.50. The number of aliphatic hydroxyl groups is 1. The van der Waals surface area contributed by atoms with Crippen molar-refractivity contribution in [2.75, 3.05) is 26.0 Å². The Hall–Kier alpha value is -4.09. The summed E-state index contributed by atoms with van der Waals surface area (Å²) >= 11 is 0. The second kappa shape index (κ2) is 14.0. The zero-order valence-corrected chi connectivity index (χ0v) is 23.6. The maximum Gasteiger partial charge on any atom is 0.407 e. The summed E-state index contributed by atoms with van der Waals surface area (Å²) in [5, 5.41) is 12.6. The van der Waals surface area contributed by atoms with E-state index in [2.05, 4.69) is 5.32 Å². The molecule has 0 aromatic heterocycles. The second-order valence-electron chi connectivity index (χ2n) is 9.75. The molecule has 0 heterocycles. The highest BCUT2D eigenvalue weighted by molar-refractivity contribution is 7.89. The molecule has 0 unspecified atom stereocenters. The molecule has 2 amide bonds. The lowest BCUT2D eigenvalue weighted by Gasteiger charge is -2.17. The summed E-state index contributed by atoms with van der Waals surface area (Å²) in [6.07, 6.45) is 3.28. The summed E-state index contributed by atoms with van der Waals surface area (Å²) in [5.41, 5.74) is 2.49. The standard InChI is InChI=1S/C30H34N2O8S/c1-41(36,37)32-29(34)26-16-13-23(19-28(26)40-25-9-5-6-10-25)21-11-14-24(15-12-21)38-17-18-39-30(35)31-20-27(33)22-7-3-2-4-8-22/h2-4,7-8,11-16,19,25,27,33H,5-6,9-10,17-18,20H2,1H3,(H,31,35)(H,32,34)/t27-/m0/s1. The van der Waals surface area contributed by atoms with Crippen molar-refractivity contribution >= 4 is 22.0 Å². The molecule has 218 valence electrons. The monoisotopic (exact) mass is 582 g/mol. The Labute approximate surface area is 239 Å². The summed E-state index contributed by atoms with van der Waals surface area (Å²) < 4.78 is 42.1. The van der Waals surface area contributed by atoms with Crippen LogP contribution in [-0.4, -0.2) is 57.6 Å². The number of alkyl carbamates (subject to hydrolysis) is 1. The van der Waals surface area contributed by atoms with Crippen LogP contribution < -0.4 is 19.5 Å². The summed E-state index contributed by atoms with van der Waals surface area (Å²) in [7, 11) is -3.72. The minimum atomic E-state index is -3.72. The number of ether oxygens (including phenoxy) is 3. The largest absolute Gasteiger partial charge is 0.490 e. The number of hydrogen-bond acceptors (Lipinski definition) is 8. The van der Waals surface area contributed by atoms with Gasteiger partial charge in [0.15, 0.2) is 0 Å². The molecule has 0 spiro atoms. The van der Waals surface area contributed by atoms with Crippen molar-refractivity contribution in [2.45, 2.75) is 37.9 Å². The number of carbonyl (C=O) groups is 2. The van der Waals surface area contributed by atoms with E-state index < -0.39 is 28.1 Å². The Morgan fingerprint density at radius 1 is 0.951 bits per heavy atom. The number of sulfonamides is 1. The van der Waals surface area contributed by atoms with Gasteiger partial charge in [-0.2, -0.15) is 0 Å². The number of carbonyl (C=O) groups excluding carboxylic acids is 2. The van der Waals surface area contributed by atoms with E-state index in [1.807, 2.05) is 35.1 Å². The maximum atomic E-state index is 12.6. The van der Waals surface area contributed by atoms with Crippen molar-refractivity contribution in [1.29, 1.82) is 0 Å². The van der Waals surface area contributed by atoms with Gasteiger partial charge < -0.3 is 24.6 Å². The van der Waals surface area contributed by atoms with Crippen LogP contribution in [0.25, 0.3) is 11.1 Å². The van der Waals surface area contributed by atoms with Crippen molar-refractivity contribution in [2.24, 2.45) is 0 Å². The third kappa shape index (κ3) is 9.22. The van der Waals surface area contributed by atoms with E-state index in [1.54, 1.807) is 42.5 Å². The van der Waals surface area contributed by atoms with E-state index in [0.29, 0.717) is 17.1 Å². The van der Waals surface area contributed by atoms with Crippen LogP contribution in [0.4, 0.5) is 4.79 Å². The predicted octanol–water partition coefficient (Wildman–Crippen LogP) is 4.20. The fourth-order valence-electron chi connectivity index (χ4n) is 4.46. The molecule has 0 aliphatic heterocycles. The van der Waals surface area contributed by atoms with Crippen molar-refractivity contribution in [3.63, 3.8) is 0 Å². The molecule has 1 aliphatic rings. The lowest BCUT2D eigenvalue weighted by Crippen LogP contribution is -2.30. The van der Waals surface area contributed by atoms with Crippen LogP contribution in [0.2, 0.25) is 0 Å². The van der Waals surface area contributed by atoms with Gasteiger partial charge in [0.2, 0.25) is 10.0 Å². The molecule has 3 N–H and O–H groups in total. The minimum Gasteiger partial charge on any atom is -0.490 e. The summed E-state index contributed by atoms with van der Waals surface area (Å²) in [6, 6.07) is 21.3. The van der Waals surface area contributed by atoms with E-state index in [9.17, 15) is 23.1 Å². The first-order valence-electron chi connectivity index (χ1n) is 13.4. The first-order valence-corrected chi connectivity index (χ1v) is 15.3. The molecule has 1 fully saturated rings. The Bertz CT molecular complexity index is 1420. The highest BCUT2D eigenvalue weighted by Gasteiger charge is 2.22. The van der Waals surface area contributed by atoms with Gasteiger partial charge in [-0.05, 0) is 66.6 Å². The molecule has 1 atom stereocenters. The number of nitrogens with one attached hydrogen (secondary N) is 2. The third-order valence-corrected chi connectivity index (χ3v) is 7.05. The van der Waals surface area contributed by atoms with Crippen LogP contribution in [-0.2, 0) is 14.8 Å². The summed E-state index contributed by atoms with van der Waals surface area (Å²) in [5.74, 6) is 0.172. The van der Waals surface area contributed by atoms with E-state index in [1.165, 1.54) is 0 Å².